The van der Waals surface area contributed by atoms with E-state index in [1.165, 1.54) is 17.2 Å². The van der Waals surface area contributed by atoms with Crippen molar-refractivity contribution in [2.75, 3.05) is 25.1 Å². The lowest BCUT2D eigenvalue weighted by Gasteiger charge is -2.16. The smallest absolute Gasteiger partial charge is 0.167 e. The number of aliphatic hydroxyl groups is 4. The third kappa shape index (κ3) is 3.44. The molecule has 0 aliphatic carbocycles. The summed E-state index contributed by atoms with van der Waals surface area (Å²) in [6.45, 7) is 2.30. The first kappa shape index (κ1) is 18.0. The van der Waals surface area contributed by atoms with Crippen molar-refractivity contribution in [2.45, 2.75) is 37.9 Å². The van der Waals surface area contributed by atoms with Crippen LogP contribution in [0.15, 0.2) is 12.7 Å². The van der Waals surface area contributed by atoms with Gasteiger partial charge in [0.05, 0.1) is 12.9 Å². The van der Waals surface area contributed by atoms with Crippen molar-refractivity contribution in [2.24, 2.45) is 5.92 Å². The molecule has 0 bridgehead atoms. The van der Waals surface area contributed by atoms with E-state index in [-0.39, 0.29) is 12.5 Å². The molecule has 1 saturated heterocycles. The molecule has 2 aromatic heterocycles. The summed E-state index contributed by atoms with van der Waals surface area (Å²) in [4.78, 5) is 12.7. The molecule has 0 unspecified atom stereocenters. The van der Waals surface area contributed by atoms with Crippen molar-refractivity contribution >= 4 is 17.0 Å². The van der Waals surface area contributed by atoms with Gasteiger partial charge in [-0.3, -0.25) is 4.57 Å². The van der Waals surface area contributed by atoms with E-state index in [2.05, 4.69) is 20.3 Å². The van der Waals surface area contributed by atoms with Crippen LogP contribution in [0.3, 0.4) is 0 Å². The van der Waals surface area contributed by atoms with Gasteiger partial charge in [0, 0.05) is 13.2 Å². The Kier molecular flexibility index (Phi) is 5.45. The van der Waals surface area contributed by atoms with E-state index in [0.29, 0.717) is 23.5 Å². The average Bonchev–Trinajstić information content (AvgIpc) is 3.17. The molecule has 2 aromatic rings. The second-order valence-corrected chi connectivity index (χ2v) is 6.28. The van der Waals surface area contributed by atoms with E-state index < -0.39 is 31.1 Å². The van der Waals surface area contributed by atoms with Crippen LogP contribution in [0.2, 0.25) is 0 Å². The summed E-state index contributed by atoms with van der Waals surface area (Å²) in [5.41, 5.74) is 0.958. The van der Waals surface area contributed by atoms with E-state index >= 15 is 0 Å². The molecule has 1 fully saturated rings. The normalized spacial score (nSPS) is 27.7. The molecular formula is C15H23N5O5. The highest BCUT2D eigenvalue weighted by Crippen LogP contribution is 2.32. The summed E-state index contributed by atoms with van der Waals surface area (Å²) >= 11 is 0. The van der Waals surface area contributed by atoms with Crippen LogP contribution < -0.4 is 5.32 Å². The molecule has 1 aliphatic rings. The molecule has 0 saturated carbocycles. The van der Waals surface area contributed by atoms with E-state index in [9.17, 15) is 15.3 Å². The van der Waals surface area contributed by atoms with E-state index in [1.807, 2.05) is 6.92 Å². The number of fused-ring (bicyclic) bond motifs is 1. The molecule has 1 aliphatic heterocycles. The van der Waals surface area contributed by atoms with Crippen molar-refractivity contribution in [3.63, 3.8) is 0 Å². The topological polar surface area (TPSA) is 146 Å². The maximum absolute atomic E-state index is 10.2. The summed E-state index contributed by atoms with van der Waals surface area (Å²) in [5, 5.41) is 41.5. The lowest BCUT2D eigenvalue weighted by molar-refractivity contribution is -0.0511. The van der Waals surface area contributed by atoms with Gasteiger partial charge in [0.2, 0.25) is 0 Å². The van der Waals surface area contributed by atoms with Gasteiger partial charge in [-0.05, 0) is 12.3 Å². The van der Waals surface area contributed by atoms with Gasteiger partial charge in [0.1, 0.15) is 24.6 Å². The maximum Gasteiger partial charge on any atom is 0.167 e. The highest BCUT2D eigenvalue weighted by molar-refractivity contribution is 5.82. The third-order valence-electron chi connectivity index (χ3n) is 4.39. The van der Waals surface area contributed by atoms with Gasteiger partial charge >= 0.3 is 0 Å². The van der Waals surface area contributed by atoms with Gasteiger partial charge in [0.15, 0.2) is 23.2 Å². The Morgan fingerprint density at radius 1 is 1.24 bits per heavy atom. The number of aliphatic hydroxyl groups excluding tert-OH is 4. The predicted molar refractivity (Wildman–Crippen MR) is 87.7 cm³/mol. The molecule has 10 heteroatoms. The Morgan fingerprint density at radius 3 is 2.72 bits per heavy atom. The van der Waals surface area contributed by atoms with Crippen LogP contribution >= 0.6 is 0 Å². The first-order valence-corrected chi connectivity index (χ1v) is 8.21. The Labute approximate surface area is 144 Å². The number of ether oxygens (including phenoxy) is 1. The van der Waals surface area contributed by atoms with Gasteiger partial charge < -0.3 is 30.5 Å². The minimum Gasteiger partial charge on any atom is -0.396 e. The highest BCUT2D eigenvalue weighted by atomic mass is 16.6. The minimum atomic E-state index is -1.20. The monoisotopic (exact) mass is 353 g/mol. The molecule has 0 radical (unpaired) electrons. The Balaban J connectivity index is 1.81. The van der Waals surface area contributed by atoms with E-state index in [4.69, 9.17) is 9.84 Å². The van der Waals surface area contributed by atoms with Crippen LogP contribution in [0.5, 0.6) is 0 Å². The maximum atomic E-state index is 10.2. The van der Waals surface area contributed by atoms with Gasteiger partial charge in [0.25, 0.3) is 0 Å². The zero-order valence-corrected chi connectivity index (χ0v) is 13.9. The second kappa shape index (κ2) is 7.58. The number of nitrogens with zero attached hydrogens (tertiary/aromatic N) is 4. The molecule has 0 amide bonds. The summed E-state index contributed by atoms with van der Waals surface area (Å²) in [5.74, 6) is 0.724. The van der Waals surface area contributed by atoms with Crippen molar-refractivity contribution in [3.05, 3.63) is 12.7 Å². The fourth-order valence-corrected chi connectivity index (χ4v) is 2.81. The number of hydrogen-bond acceptors (Lipinski definition) is 9. The fourth-order valence-electron chi connectivity index (χ4n) is 2.81. The number of aromatic nitrogens is 4. The summed E-state index contributed by atoms with van der Waals surface area (Å²) in [6, 6.07) is 0. The van der Waals surface area contributed by atoms with E-state index in [0.717, 1.165) is 6.42 Å². The zero-order chi connectivity index (χ0) is 18.0. The molecule has 3 heterocycles. The third-order valence-corrected chi connectivity index (χ3v) is 4.39. The first-order valence-electron chi connectivity index (χ1n) is 8.21. The van der Waals surface area contributed by atoms with E-state index in [1.54, 1.807) is 0 Å². The lowest BCUT2D eigenvalue weighted by Crippen LogP contribution is -2.33. The Bertz CT molecular complexity index is 711. The van der Waals surface area contributed by atoms with Crippen molar-refractivity contribution < 1.29 is 25.2 Å². The molecule has 25 heavy (non-hydrogen) atoms. The van der Waals surface area contributed by atoms with Crippen LogP contribution in [0.1, 0.15) is 19.6 Å². The van der Waals surface area contributed by atoms with Gasteiger partial charge in [-0.15, -0.1) is 0 Å². The molecule has 138 valence electrons. The number of nitrogens with one attached hydrogen (secondary N) is 1. The summed E-state index contributed by atoms with van der Waals surface area (Å²) in [6.07, 6.45) is -0.539. The van der Waals surface area contributed by atoms with Gasteiger partial charge in [-0.25, -0.2) is 15.0 Å². The van der Waals surface area contributed by atoms with Gasteiger partial charge in [-0.2, -0.15) is 0 Å². The molecule has 5 N–H and O–H groups in total. The molecule has 0 aromatic carbocycles. The van der Waals surface area contributed by atoms with Crippen molar-refractivity contribution in [1.29, 1.82) is 0 Å². The van der Waals surface area contributed by atoms with Crippen molar-refractivity contribution in [3.8, 4) is 0 Å². The zero-order valence-electron chi connectivity index (χ0n) is 13.9. The van der Waals surface area contributed by atoms with Crippen LogP contribution in [0, 0.1) is 5.92 Å². The van der Waals surface area contributed by atoms with Crippen LogP contribution in [-0.4, -0.2) is 78.0 Å². The number of imidazole rings is 1. The minimum absolute atomic E-state index is 0.126. The predicted octanol–water partition coefficient (Wildman–Crippen LogP) is -1.13. The average molecular weight is 353 g/mol. The van der Waals surface area contributed by atoms with Gasteiger partial charge in [-0.1, -0.05) is 6.92 Å². The Hall–Kier alpha value is -1.85. The molecule has 5 atom stereocenters. The highest BCUT2D eigenvalue weighted by Gasteiger charge is 2.44. The summed E-state index contributed by atoms with van der Waals surface area (Å²) in [7, 11) is 0. The quantitative estimate of drug-likeness (QED) is 0.417. The fraction of sp³-hybridized carbons (Fsp3) is 0.667. The molecule has 3 rings (SSSR count). The molecular weight excluding hydrogens is 330 g/mol. The second-order valence-electron chi connectivity index (χ2n) is 6.28. The van der Waals surface area contributed by atoms with Crippen LogP contribution in [0.4, 0.5) is 5.82 Å². The molecule has 0 spiro atoms. The van der Waals surface area contributed by atoms with Crippen molar-refractivity contribution in [1.82, 2.24) is 19.5 Å². The number of rotatable bonds is 7. The lowest BCUT2D eigenvalue weighted by atomic mass is 10.1. The largest absolute Gasteiger partial charge is 0.396 e. The summed E-state index contributed by atoms with van der Waals surface area (Å²) < 4.78 is 7.03. The standard InChI is InChI=1S/C15H23N5O5/c1-8(4-21)2-3-16-13-10-14(18-6-17-13)20(7-19-10)15-12(24)11(23)9(5-22)25-15/h6-9,11-12,15,21-24H,2-5H2,1H3,(H,16,17,18)/t8-,9-,11-,12-,15-/m1/s1. The first-order chi connectivity index (χ1) is 12.1. The van der Waals surface area contributed by atoms with Crippen LogP contribution in [0.25, 0.3) is 11.2 Å². The molecule has 10 nitrogen and oxygen atoms in total. The number of hydrogen-bond donors (Lipinski definition) is 5. The number of anilines is 1. The van der Waals surface area contributed by atoms with Crippen LogP contribution in [-0.2, 0) is 4.74 Å². The Morgan fingerprint density at radius 2 is 2.04 bits per heavy atom. The SMILES string of the molecule is C[C@@H](CO)CCNc1ncnc2c1ncn2[C@@H]1O[C@H](CO)[C@@H](O)[C@H]1O.